The fourth-order valence-corrected chi connectivity index (χ4v) is 2.15. The number of hydrogen-bond acceptors (Lipinski definition) is 6. The van der Waals surface area contributed by atoms with E-state index in [2.05, 4.69) is 27.2 Å². The van der Waals surface area contributed by atoms with Crippen molar-refractivity contribution in [3.05, 3.63) is 29.0 Å². The van der Waals surface area contributed by atoms with Crippen molar-refractivity contribution in [1.82, 2.24) is 15.0 Å². The SMILES string of the molecule is CCC(Nc1cc(N)ncn1)c1nccs1. The van der Waals surface area contributed by atoms with Crippen molar-refractivity contribution in [2.24, 2.45) is 0 Å². The predicted molar refractivity (Wildman–Crippen MR) is 65.2 cm³/mol. The Kier molecular flexibility index (Phi) is 3.31. The van der Waals surface area contributed by atoms with Crippen LogP contribution in [-0.2, 0) is 0 Å². The van der Waals surface area contributed by atoms with Gasteiger partial charge in [0, 0.05) is 17.6 Å². The Morgan fingerprint density at radius 2 is 2.31 bits per heavy atom. The molecule has 2 rings (SSSR count). The molecule has 2 aromatic heterocycles. The van der Waals surface area contributed by atoms with Crippen molar-refractivity contribution in [3.8, 4) is 0 Å². The molecule has 0 radical (unpaired) electrons. The Balaban J connectivity index is 2.13. The van der Waals surface area contributed by atoms with Gasteiger partial charge in [0.05, 0.1) is 6.04 Å². The first-order chi connectivity index (χ1) is 7.79. The maximum Gasteiger partial charge on any atom is 0.132 e. The summed E-state index contributed by atoms with van der Waals surface area (Å²) >= 11 is 1.63. The van der Waals surface area contributed by atoms with Crippen molar-refractivity contribution in [1.29, 1.82) is 0 Å². The molecule has 0 fully saturated rings. The summed E-state index contributed by atoms with van der Waals surface area (Å²) in [6.45, 7) is 2.10. The van der Waals surface area contributed by atoms with E-state index in [1.165, 1.54) is 6.33 Å². The molecule has 84 valence electrons. The lowest BCUT2D eigenvalue weighted by Crippen LogP contribution is -2.10. The van der Waals surface area contributed by atoms with E-state index in [-0.39, 0.29) is 6.04 Å². The van der Waals surface area contributed by atoms with Gasteiger partial charge in [-0.15, -0.1) is 11.3 Å². The first kappa shape index (κ1) is 10.8. The lowest BCUT2D eigenvalue weighted by molar-refractivity contribution is 0.737. The third kappa shape index (κ3) is 2.46. The van der Waals surface area contributed by atoms with E-state index >= 15 is 0 Å². The van der Waals surface area contributed by atoms with Crippen LogP contribution in [0.15, 0.2) is 24.0 Å². The first-order valence-corrected chi connectivity index (χ1v) is 5.91. The van der Waals surface area contributed by atoms with E-state index in [1.807, 2.05) is 5.38 Å². The van der Waals surface area contributed by atoms with E-state index in [0.717, 1.165) is 17.2 Å². The zero-order valence-electron chi connectivity index (χ0n) is 8.92. The quantitative estimate of drug-likeness (QED) is 0.848. The molecule has 6 heteroatoms. The molecule has 2 heterocycles. The third-order valence-electron chi connectivity index (χ3n) is 2.17. The molecule has 0 spiro atoms. The number of nitrogens with zero attached hydrogens (tertiary/aromatic N) is 3. The Morgan fingerprint density at radius 3 is 2.94 bits per heavy atom. The van der Waals surface area contributed by atoms with Crippen LogP contribution in [0.5, 0.6) is 0 Å². The van der Waals surface area contributed by atoms with Crippen LogP contribution in [0, 0.1) is 0 Å². The van der Waals surface area contributed by atoms with Crippen LogP contribution in [0.25, 0.3) is 0 Å². The van der Waals surface area contributed by atoms with Crippen molar-refractivity contribution >= 4 is 23.0 Å². The Hall–Kier alpha value is -1.69. The average molecular weight is 235 g/mol. The van der Waals surface area contributed by atoms with Gasteiger partial charge in [0.25, 0.3) is 0 Å². The zero-order chi connectivity index (χ0) is 11.4. The van der Waals surface area contributed by atoms with E-state index in [9.17, 15) is 0 Å². The van der Waals surface area contributed by atoms with Gasteiger partial charge in [0.1, 0.15) is 23.0 Å². The zero-order valence-corrected chi connectivity index (χ0v) is 9.74. The lowest BCUT2D eigenvalue weighted by atomic mass is 10.2. The number of aromatic nitrogens is 3. The highest BCUT2D eigenvalue weighted by atomic mass is 32.1. The van der Waals surface area contributed by atoms with Crippen molar-refractivity contribution in [2.45, 2.75) is 19.4 Å². The fraction of sp³-hybridized carbons (Fsp3) is 0.300. The second-order valence-corrected chi connectivity index (χ2v) is 4.23. The van der Waals surface area contributed by atoms with Crippen LogP contribution in [0.3, 0.4) is 0 Å². The number of nitrogen functional groups attached to an aromatic ring is 1. The van der Waals surface area contributed by atoms with Gasteiger partial charge in [-0.2, -0.15) is 0 Å². The number of nitrogens with two attached hydrogens (primary N) is 1. The molecule has 2 aromatic rings. The van der Waals surface area contributed by atoms with E-state index in [1.54, 1.807) is 23.6 Å². The standard InChI is InChI=1S/C10H13N5S/c1-2-7(10-12-3-4-16-10)15-9-5-8(11)13-6-14-9/h3-7H,2H2,1H3,(H3,11,13,14,15). The van der Waals surface area contributed by atoms with Gasteiger partial charge in [0.15, 0.2) is 0 Å². The number of thiazole rings is 1. The van der Waals surface area contributed by atoms with Crippen LogP contribution in [0.4, 0.5) is 11.6 Å². The summed E-state index contributed by atoms with van der Waals surface area (Å²) in [5, 5.41) is 6.31. The molecule has 1 atom stereocenters. The minimum Gasteiger partial charge on any atom is -0.384 e. The predicted octanol–water partition coefficient (Wildman–Crippen LogP) is 2.08. The van der Waals surface area contributed by atoms with E-state index in [0.29, 0.717) is 5.82 Å². The van der Waals surface area contributed by atoms with Gasteiger partial charge < -0.3 is 11.1 Å². The van der Waals surface area contributed by atoms with Crippen molar-refractivity contribution in [2.75, 3.05) is 11.1 Å². The van der Waals surface area contributed by atoms with Gasteiger partial charge >= 0.3 is 0 Å². The highest BCUT2D eigenvalue weighted by Gasteiger charge is 2.12. The second kappa shape index (κ2) is 4.89. The number of hydrogen-bond donors (Lipinski definition) is 2. The molecule has 0 aliphatic rings. The lowest BCUT2D eigenvalue weighted by Gasteiger charge is -2.14. The highest BCUT2D eigenvalue weighted by Crippen LogP contribution is 2.23. The molecule has 0 saturated heterocycles. The van der Waals surface area contributed by atoms with Gasteiger partial charge in [-0.3, -0.25) is 0 Å². The summed E-state index contributed by atoms with van der Waals surface area (Å²) in [6, 6.07) is 1.89. The molecule has 0 aliphatic carbocycles. The summed E-state index contributed by atoms with van der Waals surface area (Å²) in [5.41, 5.74) is 5.59. The molecular weight excluding hydrogens is 222 g/mol. The number of anilines is 2. The summed E-state index contributed by atoms with van der Waals surface area (Å²) in [6.07, 6.45) is 4.20. The van der Waals surface area contributed by atoms with Crippen LogP contribution >= 0.6 is 11.3 Å². The third-order valence-corrected chi connectivity index (χ3v) is 3.06. The smallest absolute Gasteiger partial charge is 0.132 e. The molecule has 1 unspecified atom stereocenters. The summed E-state index contributed by atoms with van der Waals surface area (Å²) in [5.74, 6) is 1.20. The van der Waals surface area contributed by atoms with Crippen LogP contribution < -0.4 is 11.1 Å². The van der Waals surface area contributed by atoms with Gasteiger partial charge in [-0.25, -0.2) is 15.0 Å². The minimum atomic E-state index is 0.175. The van der Waals surface area contributed by atoms with Crippen LogP contribution in [0.2, 0.25) is 0 Å². The number of nitrogens with one attached hydrogen (secondary N) is 1. The molecule has 3 N–H and O–H groups in total. The summed E-state index contributed by atoms with van der Waals surface area (Å²) < 4.78 is 0. The van der Waals surface area contributed by atoms with Gasteiger partial charge in [-0.05, 0) is 6.42 Å². The normalized spacial score (nSPS) is 12.3. The Labute approximate surface area is 97.8 Å². The second-order valence-electron chi connectivity index (χ2n) is 3.30. The van der Waals surface area contributed by atoms with Crippen LogP contribution in [-0.4, -0.2) is 15.0 Å². The topological polar surface area (TPSA) is 76.7 Å². The molecule has 0 bridgehead atoms. The molecule has 16 heavy (non-hydrogen) atoms. The van der Waals surface area contributed by atoms with E-state index < -0.39 is 0 Å². The fourth-order valence-electron chi connectivity index (χ4n) is 1.37. The Morgan fingerprint density at radius 1 is 1.44 bits per heavy atom. The maximum atomic E-state index is 5.59. The van der Waals surface area contributed by atoms with Gasteiger partial charge in [0.2, 0.25) is 0 Å². The molecule has 0 aromatic carbocycles. The Bertz CT molecular complexity index is 442. The maximum absolute atomic E-state index is 5.59. The summed E-state index contributed by atoms with van der Waals surface area (Å²) in [4.78, 5) is 12.2. The first-order valence-electron chi connectivity index (χ1n) is 5.03. The molecule has 5 nitrogen and oxygen atoms in total. The monoisotopic (exact) mass is 235 g/mol. The van der Waals surface area contributed by atoms with Gasteiger partial charge in [-0.1, -0.05) is 6.92 Å². The number of rotatable bonds is 4. The molecule has 0 saturated carbocycles. The minimum absolute atomic E-state index is 0.175. The van der Waals surface area contributed by atoms with E-state index in [4.69, 9.17) is 5.73 Å². The molecule has 0 amide bonds. The molecular formula is C10H13N5S. The largest absolute Gasteiger partial charge is 0.384 e. The summed E-state index contributed by atoms with van der Waals surface area (Å²) in [7, 11) is 0. The average Bonchev–Trinajstić information content (AvgIpc) is 2.79. The van der Waals surface area contributed by atoms with Crippen LogP contribution in [0.1, 0.15) is 24.4 Å². The van der Waals surface area contributed by atoms with Crippen molar-refractivity contribution in [3.63, 3.8) is 0 Å². The highest BCUT2D eigenvalue weighted by molar-refractivity contribution is 7.09. The van der Waals surface area contributed by atoms with Crippen molar-refractivity contribution < 1.29 is 0 Å². The molecule has 0 aliphatic heterocycles.